The van der Waals surface area contributed by atoms with E-state index >= 15 is 0 Å². The van der Waals surface area contributed by atoms with Gasteiger partial charge in [-0.05, 0) is 12.0 Å². The quantitative estimate of drug-likeness (QED) is 0.760. The summed E-state index contributed by atoms with van der Waals surface area (Å²) in [5, 5.41) is 10.7. The minimum Gasteiger partial charge on any atom is -0.385 e. The SMILES string of the molecule is C=C(NCC(C)C)c1ccnnc1. The standard InChI is InChI=1S/C10H15N3/c1-8(2)6-11-9(3)10-4-5-12-13-7-10/h4-5,7-8,11H,3,6H2,1-2H3. The lowest BCUT2D eigenvalue weighted by Gasteiger charge is -2.10. The van der Waals surface area contributed by atoms with Crippen LogP contribution in [0.25, 0.3) is 5.70 Å². The van der Waals surface area contributed by atoms with Crippen molar-refractivity contribution in [3.8, 4) is 0 Å². The lowest BCUT2D eigenvalue weighted by molar-refractivity contribution is 0.618. The molecule has 0 saturated heterocycles. The lowest BCUT2D eigenvalue weighted by atomic mass is 10.2. The Hall–Kier alpha value is -1.38. The van der Waals surface area contributed by atoms with Crippen molar-refractivity contribution in [2.75, 3.05) is 6.54 Å². The minimum atomic E-state index is 0.617. The summed E-state index contributed by atoms with van der Waals surface area (Å²) in [6.45, 7) is 9.17. The largest absolute Gasteiger partial charge is 0.385 e. The number of hydrogen-bond acceptors (Lipinski definition) is 3. The fraction of sp³-hybridized carbons (Fsp3) is 0.400. The average molecular weight is 177 g/mol. The molecule has 1 aromatic rings. The summed E-state index contributed by atoms with van der Waals surface area (Å²) in [5.41, 5.74) is 1.90. The van der Waals surface area contributed by atoms with E-state index in [9.17, 15) is 0 Å². The molecule has 0 aromatic carbocycles. The van der Waals surface area contributed by atoms with Crippen molar-refractivity contribution in [2.45, 2.75) is 13.8 Å². The Kier molecular flexibility index (Phi) is 3.43. The Bertz CT molecular complexity index is 267. The van der Waals surface area contributed by atoms with Gasteiger partial charge in [-0.3, -0.25) is 0 Å². The third-order valence-corrected chi connectivity index (χ3v) is 1.66. The molecule has 0 radical (unpaired) electrons. The van der Waals surface area contributed by atoms with Crippen LogP contribution in [0.3, 0.4) is 0 Å². The smallest absolute Gasteiger partial charge is 0.0589 e. The summed E-state index contributed by atoms with van der Waals surface area (Å²) in [7, 11) is 0. The molecule has 0 aliphatic heterocycles. The van der Waals surface area contributed by atoms with Gasteiger partial charge in [-0.1, -0.05) is 20.4 Å². The van der Waals surface area contributed by atoms with Crippen LogP contribution in [0, 0.1) is 5.92 Å². The number of nitrogens with zero attached hydrogens (tertiary/aromatic N) is 2. The Morgan fingerprint density at radius 3 is 2.85 bits per heavy atom. The van der Waals surface area contributed by atoms with Gasteiger partial charge in [0.05, 0.1) is 12.4 Å². The molecule has 3 nitrogen and oxygen atoms in total. The molecule has 1 heterocycles. The summed E-state index contributed by atoms with van der Waals surface area (Å²) in [4.78, 5) is 0. The molecule has 0 aliphatic rings. The van der Waals surface area contributed by atoms with E-state index in [0.29, 0.717) is 5.92 Å². The molecule has 0 spiro atoms. The van der Waals surface area contributed by atoms with E-state index in [1.807, 2.05) is 6.07 Å². The van der Waals surface area contributed by atoms with Gasteiger partial charge in [0.2, 0.25) is 0 Å². The monoisotopic (exact) mass is 177 g/mol. The summed E-state index contributed by atoms with van der Waals surface area (Å²) in [5.74, 6) is 0.617. The van der Waals surface area contributed by atoms with Crippen LogP contribution in [0.2, 0.25) is 0 Å². The van der Waals surface area contributed by atoms with E-state index in [1.54, 1.807) is 12.4 Å². The first-order valence-corrected chi connectivity index (χ1v) is 4.40. The van der Waals surface area contributed by atoms with Gasteiger partial charge in [0.1, 0.15) is 0 Å². The molecule has 1 N–H and O–H groups in total. The van der Waals surface area contributed by atoms with E-state index in [4.69, 9.17) is 0 Å². The van der Waals surface area contributed by atoms with Gasteiger partial charge in [0.25, 0.3) is 0 Å². The second-order valence-electron chi connectivity index (χ2n) is 3.38. The molecule has 0 atom stereocenters. The van der Waals surface area contributed by atoms with E-state index in [2.05, 4.69) is 35.9 Å². The van der Waals surface area contributed by atoms with Crippen LogP contribution in [0.1, 0.15) is 19.4 Å². The molecule has 70 valence electrons. The second kappa shape index (κ2) is 4.60. The van der Waals surface area contributed by atoms with Crippen molar-refractivity contribution in [1.82, 2.24) is 15.5 Å². The van der Waals surface area contributed by atoms with Gasteiger partial charge in [-0.25, -0.2) is 0 Å². The molecule has 3 heteroatoms. The van der Waals surface area contributed by atoms with Crippen LogP contribution in [0.5, 0.6) is 0 Å². The predicted octanol–water partition coefficient (Wildman–Crippen LogP) is 1.69. The first-order valence-electron chi connectivity index (χ1n) is 4.40. The Morgan fingerprint density at radius 2 is 2.31 bits per heavy atom. The maximum atomic E-state index is 3.92. The molecule has 13 heavy (non-hydrogen) atoms. The molecule has 0 aliphatic carbocycles. The van der Waals surface area contributed by atoms with Crippen molar-refractivity contribution >= 4 is 5.70 Å². The van der Waals surface area contributed by atoms with Gasteiger partial charge < -0.3 is 5.32 Å². The minimum absolute atomic E-state index is 0.617. The highest BCUT2D eigenvalue weighted by molar-refractivity contribution is 5.60. The Labute approximate surface area is 78.9 Å². The van der Waals surface area contributed by atoms with Crippen LogP contribution < -0.4 is 5.32 Å². The van der Waals surface area contributed by atoms with Crippen LogP contribution >= 0.6 is 0 Å². The molecule has 1 rings (SSSR count). The topological polar surface area (TPSA) is 37.8 Å². The fourth-order valence-electron chi connectivity index (χ4n) is 0.899. The van der Waals surface area contributed by atoms with Crippen LogP contribution in [-0.4, -0.2) is 16.7 Å². The molecule has 0 bridgehead atoms. The van der Waals surface area contributed by atoms with E-state index in [0.717, 1.165) is 17.8 Å². The predicted molar refractivity (Wildman–Crippen MR) is 53.9 cm³/mol. The molecule has 0 unspecified atom stereocenters. The fourth-order valence-corrected chi connectivity index (χ4v) is 0.899. The van der Waals surface area contributed by atoms with E-state index in [-0.39, 0.29) is 0 Å². The molecular formula is C10H15N3. The van der Waals surface area contributed by atoms with Gasteiger partial charge in [-0.15, -0.1) is 0 Å². The zero-order valence-electron chi connectivity index (χ0n) is 8.12. The van der Waals surface area contributed by atoms with Crippen molar-refractivity contribution in [3.63, 3.8) is 0 Å². The molecule has 0 fully saturated rings. The number of hydrogen-bond donors (Lipinski definition) is 1. The van der Waals surface area contributed by atoms with Gasteiger partial charge in [0, 0.05) is 17.8 Å². The van der Waals surface area contributed by atoms with Crippen LogP contribution in [0.4, 0.5) is 0 Å². The van der Waals surface area contributed by atoms with Crippen LogP contribution in [0.15, 0.2) is 25.0 Å². The summed E-state index contributed by atoms with van der Waals surface area (Å²) in [6.07, 6.45) is 3.37. The number of aromatic nitrogens is 2. The maximum Gasteiger partial charge on any atom is 0.0589 e. The van der Waals surface area contributed by atoms with Crippen molar-refractivity contribution < 1.29 is 0 Å². The molecule has 1 aromatic heterocycles. The summed E-state index contributed by atoms with van der Waals surface area (Å²) in [6, 6.07) is 1.89. The first kappa shape index (κ1) is 9.71. The highest BCUT2D eigenvalue weighted by Crippen LogP contribution is 2.05. The molecule has 0 saturated carbocycles. The Morgan fingerprint density at radius 1 is 1.54 bits per heavy atom. The molecule has 0 amide bonds. The van der Waals surface area contributed by atoms with E-state index < -0.39 is 0 Å². The van der Waals surface area contributed by atoms with Crippen LogP contribution in [-0.2, 0) is 0 Å². The lowest BCUT2D eigenvalue weighted by Crippen LogP contribution is -2.17. The van der Waals surface area contributed by atoms with Gasteiger partial charge >= 0.3 is 0 Å². The first-order chi connectivity index (χ1) is 6.20. The zero-order valence-corrected chi connectivity index (χ0v) is 8.12. The average Bonchev–Trinajstić information content (AvgIpc) is 2.15. The number of nitrogens with one attached hydrogen (secondary N) is 1. The maximum absolute atomic E-state index is 3.92. The highest BCUT2D eigenvalue weighted by atomic mass is 15.1. The summed E-state index contributed by atoms with van der Waals surface area (Å²) >= 11 is 0. The van der Waals surface area contributed by atoms with Gasteiger partial charge in [0.15, 0.2) is 0 Å². The van der Waals surface area contributed by atoms with Crippen molar-refractivity contribution in [2.24, 2.45) is 5.92 Å². The third kappa shape index (κ3) is 3.23. The van der Waals surface area contributed by atoms with E-state index in [1.165, 1.54) is 0 Å². The second-order valence-corrected chi connectivity index (χ2v) is 3.38. The highest BCUT2D eigenvalue weighted by Gasteiger charge is 1.98. The van der Waals surface area contributed by atoms with Crippen molar-refractivity contribution in [3.05, 3.63) is 30.6 Å². The molecular weight excluding hydrogens is 162 g/mol. The zero-order chi connectivity index (χ0) is 9.68. The number of rotatable bonds is 4. The Balaban J connectivity index is 2.50. The van der Waals surface area contributed by atoms with Crippen molar-refractivity contribution in [1.29, 1.82) is 0 Å². The van der Waals surface area contributed by atoms with Gasteiger partial charge in [-0.2, -0.15) is 10.2 Å². The summed E-state index contributed by atoms with van der Waals surface area (Å²) < 4.78 is 0. The third-order valence-electron chi connectivity index (χ3n) is 1.66. The normalized spacial score (nSPS) is 10.1.